The maximum absolute atomic E-state index is 9.08. The van der Waals surface area contributed by atoms with E-state index in [-0.39, 0.29) is 5.95 Å². The van der Waals surface area contributed by atoms with Crippen LogP contribution in [0.5, 0.6) is 5.75 Å². The van der Waals surface area contributed by atoms with E-state index in [4.69, 9.17) is 20.7 Å². The predicted molar refractivity (Wildman–Crippen MR) is 108 cm³/mol. The molecule has 0 unspecified atom stereocenters. The molecule has 29 heavy (non-hydrogen) atoms. The van der Waals surface area contributed by atoms with Gasteiger partial charge in [-0.1, -0.05) is 12.1 Å². The molecule has 0 aliphatic carbocycles. The number of methoxy groups -OCH3 is 1. The van der Waals surface area contributed by atoms with Crippen LogP contribution in [0.2, 0.25) is 0 Å². The lowest BCUT2D eigenvalue weighted by Gasteiger charge is -2.27. The summed E-state index contributed by atoms with van der Waals surface area (Å²) in [6, 6.07) is 13.8. The molecule has 0 atom stereocenters. The van der Waals surface area contributed by atoms with Gasteiger partial charge in [-0.15, -0.1) is 5.10 Å². The number of hydrogen-bond acceptors (Lipinski definition) is 7. The molecule has 8 nitrogen and oxygen atoms in total. The third kappa shape index (κ3) is 2.92. The molecule has 2 aromatic heterocycles. The molecule has 8 heteroatoms. The third-order valence-electron chi connectivity index (χ3n) is 5.35. The van der Waals surface area contributed by atoms with E-state index in [0.29, 0.717) is 34.8 Å². The highest BCUT2D eigenvalue weighted by molar-refractivity contribution is 5.95. The van der Waals surface area contributed by atoms with Crippen molar-refractivity contribution >= 4 is 22.5 Å². The number of fused-ring (bicyclic) bond motifs is 4. The zero-order chi connectivity index (χ0) is 20.0. The summed E-state index contributed by atoms with van der Waals surface area (Å²) in [5.41, 5.74) is 10.7. The van der Waals surface area contributed by atoms with Crippen LogP contribution in [-0.2, 0) is 19.5 Å². The first-order valence-corrected chi connectivity index (χ1v) is 9.38. The summed E-state index contributed by atoms with van der Waals surface area (Å²) < 4.78 is 7.00. The van der Waals surface area contributed by atoms with Gasteiger partial charge in [0.25, 0.3) is 0 Å². The van der Waals surface area contributed by atoms with Crippen molar-refractivity contribution in [3.05, 3.63) is 58.9 Å². The second-order valence-electron chi connectivity index (χ2n) is 7.15. The van der Waals surface area contributed by atoms with E-state index in [1.54, 1.807) is 11.6 Å². The lowest BCUT2D eigenvalue weighted by Crippen LogP contribution is -2.30. The van der Waals surface area contributed by atoms with Gasteiger partial charge in [-0.2, -0.15) is 9.78 Å². The molecule has 0 saturated carbocycles. The van der Waals surface area contributed by atoms with Crippen LogP contribution in [-0.4, -0.2) is 38.1 Å². The van der Waals surface area contributed by atoms with Gasteiger partial charge < -0.3 is 10.5 Å². The Morgan fingerprint density at radius 2 is 2.10 bits per heavy atom. The highest BCUT2D eigenvalue weighted by Crippen LogP contribution is 2.28. The molecule has 4 aromatic rings. The molecule has 1 aliphatic rings. The van der Waals surface area contributed by atoms with Crippen molar-refractivity contribution in [2.24, 2.45) is 0 Å². The van der Waals surface area contributed by atoms with Crippen LogP contribution < -0.4 is 10.5 Å². The zero-order valence-corrected chi connectivity index (χ0v) is 16.0. The quantitative estimate of drug-likeness (QED) is 0.577. The summed E-state index contributed by atoms with van der Waals surface area (Å²) in [7, 11) is 1.61. The van der Waals surface area contributed by atoms with Crippen molar-refractivity contribution in [1.82, 2.24) is 24.5 Å². The van der Waals surface area contributed by atoms with Crippen molar-refractivity contribution in [2.75, 3.05) is 19.4 Å². The largest absolute Gasteiger partial charge is 0.494 e. The summed E-state index contributed by atoms with van der Waals surface area (Å²) in [6.45, 7) is 2.31. The number of nitrogen functional groups attached to an aromatic ring is 1. The molecule has 3 heterocycles. The molecule has 0 radical (unpaired) electrons. The average molecular weight is 385 g/mol. The number of nitriles is 1. The molecule has 1 aliphatic heterocycles. The number of ether oxygens (including phenoxy) is 1. The van der Waals surface area contributed by atoms with Gasteiger partial charge in [0.15, 0.2) is 11.5 Å². The molecule has 144 valence electrons. The van der Waals surface area contributed by atoms with Gasteiger partial charge in [0, 0.05) is 18.5 Å². The first-order chi connectivity index (χ1) is 14.2. The van der Waals surface area contributed by atoms with Crippen molar-refractivity contribution < 1.29 is 4.74 Å². The molecule has 0 spiro atoms. The summed E-state index contributed by atoms with van der Waals surface area (Å²) in [4.78, 5) is 11.5. The molecule has 0 saturated heterocycles. The van der Waals surface area contributed by atoms with Gasteiger partial charge in [0.1, 0.15) is 11.3 Å². The molecule has 0 bridgehead atoms. The standard InChI is InChI=1S/C21H19N7O/c1-29-17-4-2-3-16-19(17)25-21(23)28-20(16)24-18(26-28)12-27-8-7-14-9-13(10-22)5-6-15(14)11-27/h2-6,9H,7-8,11-12H2,1H3,(H2,23,25). The molecule has 0 fully saturated rings. The number of anilines is 1. The van der Waals surface area contributed by atoms with Crippen LogP contribution in [0.4, 0.5) is 5.95 Å². The Morgan fingerprint density at radius 1 is 1.21 bits per heavy atom. The number of aromatic nitrogens is 4. The molecule has 0 amide bonds. The highest BCUT2D eigenvalue weighted by atomic mass is 16.5. The molecule has 5 rings (SSSR count). The maximum Gasteiger partial charge on any atom is 0.223 e. The van der Waals surface area contributed by atoms with Crippen molar-refractivity contribution in [3.8, 4) is 11.8 Å². The number of nitrogens with zero attached hydrogens (tertiary/aromatic N) is 6. The lowest BCUT2D eigenvalue weighted by molar-refractivity contribution is 0.239. The van der Waals surface area contributed by atoms with Crippen LogP contribution in [0.1, 0.15) is 22.5 Å². The lowest BCUT2D eigenvalue weighted by atomic mass is 9.97. The summed E-state index contributed by atoms with van der Waals surface area (Å²) in [5, 5.41) is 14.5. The highest BCUT2D eigenvalue weighted by Gasteiger charge is 2.20. The van der Waals surface area contributed by atoms with Gasteiger partial charge in [0.2, 0.25) is 5.95 Å². The normalized spacial score (nSPS) is 14.1. The second-order valence-corrected chi connectivity index (χ2v) is 7.15. The monoisotopic (exact) mass is 385 g/mol. The Kier molecular flexibility index (Phi) is 4.03. The van der Waals surface area contributed by atoms with E-state index in [2.05, 4.69) is 21.1 Å². The molecule has 2 aromatic carbocycles. The van der Waals surface area contributed by atoms with Gasteiger partial charge in [-0.3, -0.25) is 4.90 Å². The van der Waals surface area contributed by atoms with Crippen molar-refractivity contribution in [2.45, 2.75) is 19.5 Å². The summed E-state index contributed by atoms with van der Waals surface area (Å²) in [6.07, 6.45) is 0.905. The van der Waals surface area contributed by atoms with E-state index in [0.717, 1.165) is 24.9 Å². The van der Waals surface area contributed by atoms with E-state index in [1.165, 1.54) is 11.1 Å². The first kappa shape index (κ1) is 17.4. The van der Waals surface area contributed by atoms with Crippen molar-refractivity contribution in [3.63, 3.8) is 0 Å². The van der Waals surface area contributed by atoms with Crippen LogP contribution in [0.15, 0.2) is 36.4 Å². The van der Waals surface area contributed by atoms with E-state index < -0.39 is 0 Å². The Labute approximate surface area is 167 Å². The van der Waals surface area contributed by atoms with Gasteiger partial charge in [0.05, 0.1) is 25.3 Å². The fourth-order valence-electron chi connectivity index (χ4n) is 3.92. The predicted octanol–water partition coefficient (Wildman–Crippen LogP) is 2.30. The molecule has 2 N–H and O–H groups in total. The minimum absolute atomic E-state index is 0.281. The number of hydrogen-bond donors (Lipinski definition) is 1. The fraction of sp³-hybridized carbons (Fsp3) is 0.238. The van der Waals surface area contributed by atoms with E-state index in [9.17, 15) is 0 Å². The number of rotatable bonds is 3. The number of para-hydroxylation sites is 1. The zero-order valence-electron chi connectivity index (χ0n) is 16.0. The minimum Gasteiger partial charge on any atom is -0.494 e. The van der Waals surface area contributed by atoms with E-state index in [1.807, 2.05) is 36.4 Å². The minimum atomic E-state index is 0.281. The molecular weight excluding hydrogens is 366 g/mol. The van der Waals surface area contributed by atoms with Crippen LogP contribution in [0, 0.1) is 11.3 Å². The van der Waals surface area contributed by atoms with Crippen molar-refractivity contribution in [1.29, 1.82) is 5.26 Å². The van der Waals surface area contributed by atoms with Crippen LogP contribution in [0.3, 0.4) is 0 Å². The SMILES string of the molecule is COc1cccc2c1nc(N)n1nc(CN3CCc4cc(C#N)ccc4C3)nc21. The first-order valence-electron chi connectivity index (χ1n) is 9.38. The van der Waals surface area contributed by atoms with Gasteiger partial charge in [-0.05, 0) is 41.8 Å². The topological polar surface area (TPSA) is 105 Å². The Hall–Kier alpha value is -3.70. The maximum atomic E-state index is 9.08. The van der Waals surface area contributed by atoms with Gasteiger partial charge >= 0.3 is 0 Å². The summed E-state index contributed by atoms with van der Waals surface area (Å²) in [5.74, 6) is 1.64. The number of benzene rings is 2. The van der Waals surface area contributed by atoms with Crippen LogP contribution in [0.25, 0.3) is 16.6 Å². The Bertz CT molecular complexity index is 1290. The summed E-state index contributed by atoms with van der Waals surface area (Å²) >= 11 is 0. The van der Waals surface area contributed by atoms with Crippen LogP contribution >= 0.6 is 0 Å². The third-order valence-corrected chi connectivity index (χ3v) is 5.35. The van der Waals surface area contributed by atoms with E-state index >= 15 is 0 Å². The molecular formula is C21H19N7O. The fourth-order valence-corrected chi connectivity index (χ4v) is 3.92. The number of nitrogens with two attached hydrogens (primary N) is 1. The van der Waals surface area contributed by atoms with Gasteiger partial charge in [-0.25, -0.2) is 9.97 Å². The Balaban J connectivity index is 1.48. The second kappa shape index (κ2) is 6.72. The average Bonchev–Trinajstić information content (AvgIpc) is 3.17. The smallest absolute Gasteiger partial charge is 0.223 e. The Morgan fingerprint density at radius 3 is 2.93 bits per heavy atom.